The van der Waals surface area contributed by atoms with Crippen LogP contribution in [-0.4, -0.2) is 16.7 Å². The van der Waals surface area contributed by atoms with E-state index in [4.69, 9.17) is 4.74 Å². The fraction of sp³-hybridized carbons (Fsp3) is 0.276. The summed E-state index contributed by atoms with van der Waals surface area (Å²) in [4.78, 5) is 13.3. The van der Waals surface area contributed by atoms with Crippen LogP contribution in [-0.2, 0) is 22.7 Å². The van der Waals surface area contributed by atoms with Gasteiger partial charge in [0.1, 0.15) is 0 Å². The Hall–Kier alpha value is -3.54. The number of esters is 1. The van der Waals surface area contributed by atoms with E-state index in [1.807, 2.05) is 45.0 Å². The van der Waals surface area contributed by atoms with Crippen molar-refractivity contribution in [1.82, 2.24) is 4.57 Å². The Kier molecular flexibility index (Phi) is 5.13. The molecule has 0 radical (unpaired) electrons. The van der Waals surface area contributed by atoms with Crippen molar-refractivity contribution in [3.8, 4) is 5.75 Å². The molecule has 1 aliphatic rings. The van der Waals surface area contributed by atoms with Crippen LogP contribution in [0, 0.1) is 5.92 Å². The number of para-hydroxylation sites is 1. The van der Waals surface area contributed by atoms with E-state index in [0.29, 0.717) is 27.7 Å². The summed E-state index contributed by atoms with van der Waals surface area (Å²) < 4.78 is 51.9. The Morgan fingerprint density at radius 1 is 0.829 bits per heavy atom. The number of rotatable bonds is 2. The maximum atomic E-state index is 14.9. The van der Waals surface area contributed by atoms with Crippen molar-refractivity contribution in [2.45, 2.75) is 37.8 Å². The lowest BCUT2D eigenvalue weighted by Crippen LogP contribution is -2.54. The molecule has 0 fully saturated rings. The molecule has 0 aliphatic carbocycles. The molecule has 0 N–H and O–H groups in total. The van der Waals surface area contributed by atoms with Crippen LogP contribution in [0.25, 0.3) is 10.9 Å². The predicted octanol–water partition coefficient (Wildman–Crippen LogP) is 6.91. The standard InChI is InChI=1S/C29H26F3NO2/c1-27(2,3)18-14-16-20(17-15-18)28(19-10-6-5-7-11-19)24(29(30,31)32)26(34)35-23-21-12-8-9-13-22(21)33(4)25(23)28/h5-17,24H,1-4H3. The molecule has 4 aromatic rings. The van der Waals surface area contributed by atoms with Crippen LogP contribution in [0.1, 0.15) is 43.2 Å². The smallest absolute Gasteiger partial charge is 0.403 e. The molecule has 1 aliphatic heterocycles. The first-order valence-electron chi connectivity index (χ1n) is 11.5. The number of ether oxygens (including phenoxy) is 1. The van der Waals surface area contributed by atoms with E-state index in [1.54, 1.807) is 66.2 Å². The Balaban J connectivity index is 1.97. The van der Waals surface area contributed by atoms with Gasteiger partial charge in [-0.15, -0.1) is 0 Å². The minimum atomic E-state index is -4.86. The van der Waals surface area contributed by atoms with Gasteiger partial charge >= 0.3 is 12.1 Å². The SMILES string of the molecule is Cn1c2c(c3ccccc31)OC(=O)C(C(F)(F)F)C2(c1ccccc1)c1ccc(C(C)(C)C)cc1. The molecule has 35 heavy (non-hydrogen) atoms. The van der Waals surface area contributed by atoms with Gasteiger partial charge in [-0.1, -0.05) is 87.5 Å². The maximum Gasteiger partial charge on any atom is 0.403 e. The van der Waals surface area contributed by atoms with Crippen LogP contribution >= 0.6 is 0 Å². The molecule has 0 spiro atoms. The molecule has 2 unspecified atom stereocenters. The van der Waals surface area contributed by atoms with E-state index in [9.17, 15) is 18.0 Å². The van der Waals surface area contributed by atoms with Gasteiger partial charge < -0.3 is 9.30 Å². The van der Waals surface area contributed by atoms with Gasteiger partial charge in [-0.25, -0.2) is 0 Å². The summed E-state index contributed by atoms with van der Waals surface area (Å²) in [7, 11) is 1.73. The highest BCUT2D eigenvalue weighted by Gasteiger charge is 2.65. The summed E-state index contributed by atoms with van der Waals surface area (Å²) in [6, 6.07) is 22.9. The van der Waals surface area contributed by atoms with Crippen LogP contribution < -0.4 is 4.74 Å². The van der Waals surface area contributed by atoms with Gasteiger partial charge in [0.2, 0.25) is 0 Å². The molecule has 2 heterocycles. The second-order valence-corrected chi connectivity index (χ2v) is 10.2. The molecule has 1 aromatic heterocycles. The fourth-order valence-corrected chi connectivity index (χ4v) is 5.47. The van der Waals surface area contributed by atoms with E-state index in [0.717, 1.165) is 5.56 Å². The van der Waals surface area contributed by atoms with Crippen molar-refractivity contribution >= 4 is 16.9 Å². The number of aryl methyl sites for hydroxylation is 1. The Morgan fingerprint density at radius 3 is 2.00 bits per heavy atom. The topological polar surface area (TPSA) is 31.2 Å². The van der Waals surface area contributed by atoms with E-state index in [1.165, 1.54) is 0 Å². The third kappa shape index (κ3) is 3.38. The predicted molar refractivity (Wildman–Crippen MR) is 130 cm³/mol. The lowest BCUT2D eigenvalue weighted by molar-refractivity contribution is -0.203. The number of carbonyl (C=O) groups excluding carboxylic acids is 1. The van der Waals surface area contributed by atoms with Crippen LogP contribution in [0.3, 0.4) is 0 Å². The van der Waals surface area contributed by atoms with Gasteiger partial charge in [-0.05, 0) is 34.2 Å². The van der Waals surface area contributed by atoms with Gasteiger partial charge in [-0.3, -0.25) is 4.79 Å². The highest BCUT2D eigenvalue weighted by atomic mass is 19.4. The summed E-state index contributed by atoms with van der Waals surface area (Å²) in [5.74, 6) is -3.55. The van der Waals surface area contributed by atoms with Crippen molar-refractivity contribution < 1.29 is 22.7 Å². The summed E-state index contributed by atoms with van der Waals surface area (Å²) in [5, 5.41) is 0.602. The molecule has 0 amide bonds. The zero-order chi connectivity index (χ0) is 25.2. The van der Waals surface area contributed by atoms with Crippen LogP contribution in [0.4, 0.5) is 13.2 Å². The summed E-state index contributed by atoms with van der Waals surface area (Å²) >= 11 is 0. The molecule has 0 saturated heterocycles. The number of halogens is 3. The third-order valence-corrected chi connectivity index (χ3v) is 7.07. The first-order valence-corrected chi connectivity index (χ1v) is 11.5. The molecular weight excluding hydrogens is 451 g/mol. The Bertz CT molecular complexity index is 1410. The Morgan fingerprint density at radius 2 is 1.40 bits per heavy atom. The quantitative estimate of drug-likeness (QED) is 0.294. The number of alkyl halides is 3. The lowest BCUT2D eigenvalue weighted by atomic mass is 9.61. The molecule has 180 valence electrons. The van der Waals surface area contributed by atoms with Gasteiger partial charge in [-0.2, -0.15) is 13.2 Å². The lowest BCUT2D eigenvalue weighted by Gasteiger charge is -2.44. The number of hydrogen-bond donors (Lipinski definition) is 0. The summed E-state index contributed by atoms with van der Waals surface area (Å²) in [6.07, 6.45) is -4.86. The van der Waals surface area contributed by atoms with E-state index in [2.05, 4.69) is 0 Å². The largest absolute Gasteiger partial charge is 0.423 e. The van der Waals surface area contributed by atoms with Crippen molar-refractivity contribution in [2.75, 3.05) is 0 Å². The number of aromatic nitrogens is 1. The average molecular weight is 478 g/mol. The second-order valence-electron chi connectivity index (χ2n) is 10.2. The summed E-state index contributed by atoms with van der Waals surface area (Å²) in [5.41, 5.74) is 0.753. The zero-order valence-corrected chi connectivity index (χ0v) is 20.0. The Labute approximate surface area is 202 Å². The molecule has 0 saturated carbocycles. The van der Waals surface area contributed by atoms with Crippen LogP contribution in [0.5, 0.6) is 5.75 Å². The van der Waals surface area contributed by atoms with Crippen molar-refractivity contribution in [1.29, 1.82) is 0 Å². The monoisotopic (exact) mass is 477 g/mol. The number of fused-ring (bicyclic) bond motifs is 3. The molecule has 6 heteroatoms. The van der Waals surface area contributed by atoms with Gasteiger partial charge in [0.25, 0.3) is 0 Å². The number of carbonyl (C=O) groups is 1. The number of benzene rings is 3. The molecule has 2 atom stereocenters. The molecule has 3 aromatic carbocycles. The van der Waals surface area contributed by atoms with E-state index >= 15 is 0 Å². The van der Waals surface area contributed by atoms with Crippen molar-refractivity contribution in [2.24, 2.45) is 13.0 Å². The minimum Gasteiger partial charge on any atom is -0.423 e. The molecule has 5 rings (SSSR count). The average Bonchev–Trinajstić information content (AvgIpc) is 3.09. The highest BCUT2D eigenvalue weighted by molar-refractivity contribution is 5.96. The molecular formula is C29H26F3NO2. The van der Waals surface area contributed by atoms with Crippen molar-refractivity contribution in [3.05, 3.63) is 101 Å². The third-order valence-electron chi connectivity index (χ3n) is 7.07. The van der Waals surface area contributed by atoms with Gasteiger partial charge in [0, 0.05) is 12.4 Å². The highest BCUT2D eigenvalue weighted by Crippen LogP contribution is 2.58. The van der Waals surface area contributed by atoms with Gasteiger partial charge in [0.05, 0.1) is 16.6 Å². The molecule has 3 nitrogen and oxygen atoms in total. The molecule has 0 bridgehead atoms. The summed E-state index contributed by atoms with van der Waals surface area (Å²) in [6.45, 7) is 6.15. The first kappa shape index (κ1) is 23.2. The number of nitrogens with zero attached hydrogens (tertiary/aromatic N) is 1. The first-order chi connectivity index (χ1) is 16.5. The fourth-order valence-electron chi connectivity index (χ4n) is 5.47. The second kappa shape index (κ2) is 7.74. The van der Waals surface area contributed by atoms with Gasteiger partial charge in [0.15, 0.2) is 11.7 Å². The normalized spacial score (nSPS) is 20.5. The van der Waals surface area contributed by atoms with Crippen LogP contribution in [0.15, 0.2) is 78.9 Å². The zero-order valence-electron chi connectivity index (χ0n) is 20.0. The maximum absolute atomic E-state index is 14.9. The van der Waals surface area contributed by atoms with Crippen LogP contribution in [0.2, 0.25) is 0 Å². The van der Waals surface area contributed by atoms with Crippen molar-refractivity contribution in [3.63, 3.8) is 0 Å². The van der Waals surface area contributed by atoms with E-state index < -0.39 is 23.5 Å². The number of hydrogen-bond acceptors (Lipinski definition) is 2. The van der Waals surface area contributed by atoms with E-state index in [-0.39, 0.29) is 11.2 Å². The minimum absolute atomic E-state index is 0.178.